The number of aromatic carboxylic acids is 1. The fraction of sp³-hybridized carbons (Fsp3) is 0.438. The highest BCUT2D eigenvalue weighted by atomic mass is 16.4. The standard InChI is InChI=1S/C16H17NO5/c18-14(17-11-5-3-8(4-6-11)15(19)20)12-9-1-2-10(7-9)13(12)16(21)22/h3-6,9-10,12-13H,1-2,7H2,(H,17,18)(H,19,20)(H,21,22)/t9-,10-,12+,13-/m0/s1. The lowest BCUT2D eigenvalue weighted by molar-refractivity contribution is -0.148. The number of carbonyl (C=O) groups excluding carboxylic acids is 1. The van der Waals surface area contributed by atoms with Crippen molar-refractivity contribution in [2.45, 2.75) is 19.3 Å². The smallest absolute Gasteiger partial charge is 0.335 e. The molecule has 0 spiro atoms. The number of carbonyl (C=O) groups is 3. The minimum atomic E-state index is -1.03. The van der Waals surface area contributed by atoms with Gasteiger partial charge in [-0.15, -0.1) is 0 Å². The number of anilines is 1. The number of fused-ring (bicyclic) bond motifs is 2. The summed E-state index contributed by atoms with van der Waals surface area (Å²) in [7, 11) is 0. The van der Waals surface area contributed by atoms with Crippen molar-refractivity contribution in [3.63, 3.8) is 0 Å². The molecule has 1 aromatic carbocycles. The van der Waals surface area contributed by atoms with Crippen LogP contribution in [0.2, 0.25) is 0 Å². The first kappa shape index (κ1) is 14.6. The van der Waals surface area contributed by atoms with Gasteiger partial charge in [0.05, 0.1) is 17.4 Å². The van der Waals surface area contributed by atoms with Crippen LogP contribution in [-0.4, -0.2) is 28.1 Å². The van der Waals surface area contributed by atoms with Crippen molar-refractivity contribution < 1.29 is 24.6 Å². The Morgan fingerprint density at radius 3 is 2.09 bits per heavy atom. The molecule has 6 nitrogen and oxygen atoms in total. The quantitative estimate of drug-likeness (QED) is 0.790. The van der Waals surface area contributed by atoms with Gasteiger partial charge in [0, 0.05) is 5.69 Å². The van der Waals surface area contributed by atoms with E-state index in [1.165, 1.54) is 24.3 Å². The number of aliphatic carboxylic acids is 1. The van der Waals surface area contributed by atoms with Crippen molar-refractivity contribution in [1.29, 1.82) is 0 Å². The van der Waals surface area contributed by atoms with E-state index < -0.39 is 23.8 Å². The second kappa shape index (κ2) is 5.44. The van der Waals surface area contributed by atoms with Crippen molar-refractivity contribution in [3.8, 4) is 0 Å². The van der Waals surface area contributed by atoms with Crippen LogP contribution < -0.4 is 5.32 Å². The van der Waals surface area contributed by atoms with Crippen LogP contribution in [0.4, 0.5) is 5.69 Å². The van der Waals surface area contributed by atoms with E-state index in [-0.39, 0.29) is 23.3 Å². The highest BCUT2D eigenvalue weighted by Gasteiger charge is 2.53. The molecule has 0 aliphatic heterocycles. The third-order valence-electron chi connectivity index (χ3n) is 4.90. The van der Waals surface area contributed by atoms with Crippen molar-refractivity contribution in [2.75, 3.05) is 5.32 Å². The lowest BCUT2D eigenvalue weighted by Crippen LogP contribution is -2.37. The van der Waals surface area contributed by atoms with Crippen LogP contribution in [0, 0.1) is 23.7 Å². The summed E-state index contributed by atoms with van der Waals surface area (Å²) in [4.78, 5) is 34.7. The SMILES string of the molecule is O=C(O)c1ccc(NC(=O)[C@@H]2[C@H]3CC[C@@H](C3)[C@@H]2C(=O)O)cc1. The van der Waals surface area contributed by atoms with E-state index in [0.29, 0.717) is 5.69 Å². The molecule has 2 aliphatic rings. The normalized spacial score (nSPS) is 29.3. The van der Waals surface area contributed by atoms with Gasteiger partial charge in [0.2, 0.25) is 5.91 Å². The molecule has 2 aliphatic carbocycles. The lowest BCUT2D eigenvalue weighted by Gasteiger charge is -2.27. The number of nitrogens with one attached hydrogen (secondary N) is 1. The molecule has 0 heterocycles. The minimum Gasteiger partial charge on any atom is -0.481 e. The molecule has 1 amide bonds. The molecule has 22 heavy (non-hydrogen) atoms. The van der Waals surface area contributed by atoms with Crippen molar-refractivity contribution in [2.24, 2.45) is 23.7 Å². The summed E-state index contributed by atoms with van der Waals surface area (Å²) in [6, 6.07) is 5.86. The molecule has 2 saturated carbocycles. The van der Waals surface area contributed by atoms with Crippen molar-refractivity contribution >= 4 is 23.5 Å². The maximum atomic E-state index is 12.4. The first-order valence-electron chi connectivity index (χ1n) is 7.34. The number of amides is 1. The topological polar surface area (TPSA) is 104 Å². The predicted molar refractivity (Wildman–Crippen MR) is 77.5 cm³/mol. The summed E-state index contributed by atoms with van der Waals surface area (Å²) in [6.45, 7) is 0. The van der Waals surface area contributed by atoms with Crippen LogP contribution in [0.3, 0.4) is 0 Å². The lowest BCUT2D eigenvalue weighted by atomic mass is 9.78. The third-order valence-corrected chi connectivity index (χ3v) is 4.90. The van der Waals surface area contributed by atoms with Crippen LogP contribution in [0.1, 0.15) is 29.6 Å². The zero-order valence-electron chi connectivity index (χ0n) is 11.9. The molecule has 4 atom stereocenters. The molecule has 3 rings (SSSR count). The van der Waals surface area contributed by atoms with E-state index >= 15 is 0 Å². The Balaban J connectivity index is 1.73. The molecular formula is C16H17NO5. The Hall–Kier alpha value is -2.37. The molecule has 2 bridgehead atoms. The number of carboxylic acids is 2. The van der Waals surface area contributed by atoms with Gasteiger partial charge in [-0.2, -0.15) is 0 Å². The van der Waals surface area contributed by atoms with Crippen LogP contribution in [-0.2, 0) is 9.59 Å². The van der Waals surface area contributed by atoms with E-state index in [1.54, 1.807) is 0 Å². The third kappa shape index (κ3) is 2.45. The van der Waals surface area contributed by atoms with Crippen LogP contribution in [0.5, 0.6) is 0 Å². The molecule has 0 radical (unpaired) electrons. The predicted octanol–water partition coefficient (Wildman–Crippen LogP) is 2.07. The van der Waals surface area contributed by atoms with Crippen LogP contribution in [0.15, 0.2) is 24.3 Å². The van der Waals surface area contributed by atoms with Crippen LogP contribution in [0.25, 0.3) is 0 Å². The molecular weight excluding hydrogens is 286 g/mol. The second-order valence-corrected chi connectivity index (χ2v) is 6.09. The zero-order chi connectivity index (χ0) is 15.9. The average Bonchev–Trinajstić information content (AvgIpc) is 3.08. The van der Waals surface area contributed by atoms with Gasteiger partial charge in [0.25, 0.3) is 0 Å². The molecule has 116 valence electrons. The molecule has 6 heteroatoms. The maximum Gasteiger partial charge on any atom is 0.335 e. The van der Waals surface area contributed by atoms with Crippen molar-refractivity contribution in [1.82, 2.24) is 0 Å². The van der Waals surface area contributed by atoms with E-state index in [4.69, 9.17) is 5.11 Å². The Morgan fingerprint density at radius 2 is 1.55 bits per heavy atom. The highest BCUT2D eigenvalue weighted by molar-refractivity contribution is 5.96. The fourth-order valence-corrected chi connectivity index (χ4v) is 3.95. The van der Waals surface area contributed by atoms with Crippen molar-refractivity contribution in [3.05, 3.63) is 29.8 Å². The number of rotatable bonds is 4. The van der Waals surface area contributed by atoms with Gasteiger partial charge >= 0.3 is 11.9 Å². The zero-order valence-corrected chi connectivity index (χ0v) is 11.9. The van der Waals surface area contributed by atoms with Gasteiger partial charge in [0.1, 0.15) is 0 Å². The fourth-order valence-electron chi connectivity index (χ4n) is 3.95. The first-order chi connectivity index (χ1) is 10.5. The molecule has 0 saturated heterocycles. The van der Waals surface area contributed by atoms with Gasteiger partial charge in [-0.3, -0.25) is 9.59 Å². The Labute approximate surface area is 127 Å². The van der Waals surface area contributed by atoms with Gasteiger partial charge < -0.3 is 15.5 Å². The van der Waals surface area contributed by atoms with Gasteiger partial charge in [-0.25, -0.2) is 4.79 Å². The van der Waals surface area contributed by atoms with Crippen LogP contribution >= 0.6 is 0 Å². The summed E-state index contributed by atoms with van der Waals surface area (Å²) in [6.07, 6.45) is 2.61. The number of hydrogen-bond donors (Lipinski definition) is 3. The van der Waals surface area contributed by atoms with E-state index in [2.05, 4.69) is 5.32 Å². The second-order valence-electron chi connectivity index (χ2n) is 6.09. The van der Waals surface area contributed by atoms with E-state index in [9.17, 15) is 19.5 Å². The highest BCUT2D eigenvalue weighted by Crippen LogP contribution is 2.52. The van der Waals surface area contributed by atoms with E-state index in [1.807, 2.05) is 0 Å². The van der Waals surface area contributed by atoms with Gasteiger partial charge in [-0.05, 0) is 55.4 Å². The largest absolute Gasteiger partial charge is 0.481 e. The molecule has 0 aromatic heterocycles. The monoisotopic (exact) mass is 303 g/mol. The molecule has 0 unspecified atom stereocenters. The van der Waals surface area contributed by atoms with Gasteiger partial charge in [0.15, 0.2) is 0 Å². The number of hydrogen-bond acceptors (Lipinski definition) is 3. The summed E-state index contributed by atoms with van der Waals surface area (Å²) < 4.78 is 0. The summed E-state index contributed by atoms with van der Waals surface area (Å²) in [5.41, 5.74) is 0.628. The number of benzene rings is 1. The van der Waals surface area contributed by atoms with E-state index in [0.717, 1.165) is 19.3 Å². The summed E-state index contributed by atoms with van der Waals surface area (Å²) in [5, 5.41) is 20.9. The summed E-state index contributed by atoms with van der Waals surface area (Å²) >= 11 is 0. The molecule has 1 aromatic rings. The molecule has 3 N–H and O–H groups in total. The Morgan fingerprint density at radius 1 is 0.955 bits per heavy atom. The first-order valence-corrected chi connectivity index (χ1v) is 7.34. The Kier molecular flexibility index (Phi) is 3.60. The molecule has 2 fully saturated rings. The average molecular weight is 303 g/mol. The maximum absolute atomic E-state index is 12.4. The number of carboxylic acid groups (broad SMARTS) is 2. The Bertz CT molecular complexity index is 624. The van der Waals surface area contributed by atoms with Gasteiger partial charge in [-0.1, -0.05) is 0 Å². The summed E-state index contributed by atoms with van der Waals surface area (Å²) in [5.74, 6) is -3.04. The minimum absolute atomic E-state index is 0.104.